The van der Waals surface area contributed by atoms with Crippen molar-refractivity contribution in [1.29, 1.82) is 0 Å². The van der Waals surface area contributed by atoms with Crippen molar-refractivity contribution in [2.45, 2.75) is 211 Å². The van der Waals surface area contributed by atoms with Crippen LogP contribution in [0.25, 0.3) is 17.3 Å². The zero-order valence-electron chi connectivity index (χ0n) is 45.4. The third-order valence-electron chi connectivity index (χ3n) is 15.0. The number of rotatable bonds is 22. The average molecular weight is 930 g/mol. The molecule has 67 heavy (non-hydrogen) atoms. The first-order chi connectivity index (χ1) is 31.8. The van der Waals surface area contributed by atoms with Gasteiger partial charge >= 0.3 is 0 Å². The number of carbonyl (C=O) groups excluding carboxylic acids is 1. The van der Waals surface area contributed by atoms with Gasteiger partial charge in [-0.2, -0.15) is 0 Å². The van der Waals surface area contributed by atoms with Crippen molar-refractivity contribution < 1.29 is 18.3 Å². The SMILES string of the molecule is C=C/C(F)=C(\C=C/C)N/C(C)=c1/c(=C\C(=C)c2ccc(C(CCC)(CCC)C(=O)C(C)CC)c(C)c2)ncn1C(C)C.CCC(C)C1COC1.CCC(F)C1(CC)CC1.CCCC1CC(C)C1. The third-order valence-corrected chi connectivity index (χ3v) is 15.0. The Morgan fingerprint density at radius 2 is 1.63 bits per heavy atom. The summed E-state index contributed by atoms with van der Waals surface area (Å²) >= 11 is 0. The summed E-state index contributed by atoms with van der Waals surface area (Å²) in [6.45, 7) is 41.7. The number of hydrogen-bond acceptors (Lipinski definition) is 4. The van der Waals surface area contributed by atoms with Gasteiger partial charge in [0.1, 0.15) is 17.8 Å². The molecule has 3 aliphatic rings. The molecule has 2 heterocycles. The number of ether oxygens (including phenoxy) is 1. The van der Waals surface area contributed by atoms with E-state index in [4.69, 9.17) is 9.72 Å². The van der Waals surface area contributed by atoms with Gasteiger partial charge in [0, 0.05) is 29.0 Å². The maximum atomic E-state index is 14.5. The summed E-state index contributed by atoms with van der Waals surface area (Å²) in [7, 11) is 0. The van der Waals surface area contributed by atoms with Crippen LogP contribution in [-0.4, -0.2) is 34.7 Å². The highest BCUT2D eigenvalue weighted by atomic mass is 19.1. The van der Waals surface area contributed by atoms with Crippen molar-refractivity contribution in [1.82, 2.24) is 14.9 Å². The number of aryl methyl sites for hydroxylation is 1. The van der Waals surface area contributed by atoms with Crippen molar-refractivity contribution in [3.8, 4) is 0 Å². The number of halogens is 2. The Bertz CT molecular complexity index is 2000. The molecular weight excluding hydrogens is 833 g/mol. The molecule has 0 radical (unpaired) electrons. The van der Waals surface area contributed by atoms with Crippen LogP contribution in [0.3, 0.4) is 0 Å². The Morgan fingerprint density at radius 1 is 1.00 bits per heavy atom. The predicted octanol–water partition coefficient (Wildman–Crippen LogP) is 15.8. The molecule has 378 valence electrons. The summed E-state index contributed by atoms with van der Waals surface area (Å²) in [5, 5.41) is 4.83. The Balaban J connectivity index is 0.000000487. The lowest BCUT2D eigenvalue weighted by atomic mass is 9.66. The van der Waals surface area contributed by atoms with Gasteiger partial charge < -0.3 is 14.6 Å². The fourth-order valence-electron chi connectivity index (χ4n) is 10.0. The van der Waals surface area contributed by atoms with Gasteiger partial charge in [-0.25, -0.2) is 13.8 Å². The lowest BCUT2D eigenvalue weighted by Gasteiger charge is -2.36. The normalized spacial score (nSPS) is 20.0. The Kier molecular flexibility index (Phi) is 26.2. The molecule has 2 saturated carbocycles. The van der Waals surface area contributed by atoms with Crippen molar-refractivity contribution >= 4 is 23.1 Å². The number of alkyl halides is 1. The van der Waals surface area contributed by atoms with Gasteiger partial charge in [0.25, 0.3) is 0 Å². The number of aromatic nitrogens is 2. The molecule has 3 atom stereocenters. The molecular formula is C60H97F2N3O2. The van der Waals surface area contributed by atoms with E-state index in [1.165, 1.54) is 38.2 Å². The highest BCUT2D eigenvalue weighted by Crippen LogP contribution is 2.53. The second kappa shape index (κ2) is 29.4. The van der Waals surface area contributed by atoms with Crippen LogP contribution in [0.2, 0.25) is 0 Å². The molecule has 2 aromatic rings. The first kappa shape index (κ1) is 59.5. The van der Waals surface area contributed by atoms with Gasteiger partial charge in [-0.1, -0.05) is 139 Å². The summed E-state index contributed by atoms with van der Waals surface area (Å²) in [4.78, 5) is 18.6. The lowest BCUT2D eigenvalue weighted by Crippen LogP contribution is -2.40. The molecule has 0 spiro atoms. The summed E-state index contributed by atoms with van der Waals surface area (Å²) in [5.74, 6) is 3.86. The maximum absolute atomic E-state index is 14.5. The molecule has 5 nitrogen and oxygen atoms in total. The number of Topliss-reactive ketones (excluding diaryl/α,β-unsaturated/α-hetero) is 1. The monoisotopic (exact) mass is 930 g/mol. The molecule has 3 unspecified atom stereocenters. The molecule has 1 saturated heterocycles. The van der Waals surface area contributed by atoms with E-state index in [0.717, 1.165) is 127 Å². The van der Waals surface area contributed by atoms with E-state index in [0.29, 0.717) is 17.9 Å². The summed E-state index contributed by atoms with van der Waals surface area (Å²) in [6.07, 6.45) is 23.6. The minimum Gasteiger partial charge on any atom is -0.381 e. The lowest BCUT2D eigenvalue weighted by molar-refractivity contribution is -0.129. The molecule has 1 aromatic carbocycles. The van der Waals surface area contributed by atoms with E-state index in [-0.39, 0.29) is 17.4 Å². The van der Waals surface area contributed by atoms with Gasteiger partial charge in [-0.15, -0.1) is 0 Å². The number of imidazole rings is 1. The summed E-state index contributed by atoms with van der Waals surface area (Å²) in [6, 6.07) is 6.53. The second-order valence-corrected chi connectivity index (χ2v) is 20.7. The van der Waals surface area contributed by atoms with Crippen LogP contribution >= 0.6 is 0 Å². The van der Waals surface area contributed by atoms with E-state index in [1.807, 2.05) is 33.2 Å². The van der Waals surface area contributed by atoms with E-state index in [2.05, 4.69) is 124 Å². The van der Waals surface area contributed by atoms with Crippen molar-refractivity contribution in [3.63, 3.8) is 0 Å². The molecule has 5 rings (SSSR count). The number of ketones is 1. The van der Waals surface area contributed by atoms with Crippen molar-refractivity contribution in [2.75, 3.05) is 13.2 Å². The highest BCUT2D eigenvalue weighted by molar-refractivity contribution is 5.93. The second-order valence-electron chi connectivity index (χ2n) is 20.7. The van der Waals surface area contributed by atoms with Crippen LogP contribution in [0.15, 0.2) is 67.4 Å². The van der Waals surface area contributed by atoms with E-state index in [1.54, 1.807) is 12.2 Å². The zero-order valence-corrected chi connectivity index (χ0v) is 45.4. The van der Waals surface area contributed by atoms with E-state index >= 15 is 0 Å². The van der Waals surface area contributed by atoms with Crippen LogP contribution < -0.4 is 16.0 Å². The minimum absolute atomic E-state index is 0.0243. The topological polar surface area (TPSA) is 56.2 Å². The first-order valence-corrected chi connectivity index (χ1v) is 26.6. The Labute approximate surface area is 409 Å². The minimum atomic E-state index is -0.525. The van der Waals surface area contributed by atoms with E-state index < -0.39 is 17.4 Å². The highest BCUT2D eigenvalue weighted by Gasteiger charge is 2.47. The molecule has 3 fully saturated rings. The smallest absolute Gasteiger partial charge is 0.146 e. The van der Waals surface area contributed by atoms with Gasteiger partial charge in [0.05, 0.1) is 41.4 Å². The first-order valence-electron chi connectivity index (χ1n) is 26.6. The number of carbonyl (C=O) groups is 1. The Morgan fingerprint density at radius 3 is 2.01 bits per heavy atom. The quantitative estimate of drug-likeness (QED) is 0.120. The fourth-order valence-corrected chi connectivity index (χ4v) is 10.0. The Hall–Kier alpha value is -3.58. The maximum Gasteiger partial charge on any atom is 0.146 e. The zero-order chi connectivity index (χ0) is 50.5. The van der Waals surface area contributed by atoms with Crippen molar-refractivity contribution in [3.05, 3.63) is 94.8 Å². The molecule has 1 aliphatic heterocycles. The number of benzene rings is 1. The van der Waals surface area contributed by atoms with Crippen LogP contribution in [0.5, 0.6) is 0 Å². The molecule has 1 N–H and O–H groups in total. The molecule has 2 aliphatic carbocycles. The summed E-state index contributed by atoms with van der Waals surface area (Å²) < 4.78 is 34.6. The number of nitrogens with zero attached hydrogens (tertiary/aromatic N) is 2. The van der Waals surface area contributed by atoms with Crippen molar-refractivity contribution in [2.24, 2.45) is 35.0 Å². The fraction of sp³-hybridized carbons (Fsp3) is 0.667. The van der Waals surface area contributed by atoms with Gasteiger partial charge in [-0.05, 0) is 151 Å². The van der Waals surface area contributed by atoms with Crippen LogP contribution in [-0.2, 0) is 14.9 Å². The van der Waals surface area contributed by atoms with Crippen LogP contribution in [0, 0.1) is 41.9 Å². The average Bonchev–Trinajstić information content (AvgIpc) is 3.98. The van der Waals surface area contributed by atoms with Crippen LogP contribution in [0.1, 0.15) is 210 Å². The summed E-state index contributed by atoms with van der Waals surface area (Å²) in [5.41, 5.74) is 4.83. The standard InChI is InChI=1S/C37H52FN3O.C8H15F.C8H16.C7H14O/c1-12-17-33(32(38)16-5)40-29(11)35-34(39-24-41(35)25(6)7)23-27(9)30-18-19-31(28(10)22-30)37(20-13-2,21-14-3)36(42)26(8)15-4;1-3-7(9)8(4-2)5-6-8;1-3-4-8-5-7(2)6-8;1-3-6(2)7-4-8-5-7/h12,16-19,22-26,40H,5,9,13-15,20-21H2,1-4,6-8,10-11H3;7H,3-6H2,1-2H3;7-8H,3-6H2,1-2H3;6-7H,3-5H2,1-2H3/b17-12-,33-32-,34-23+,35-29-;;;. The van der Waals surface area contributed by atoms with Crippen LogP contribution in [0.4, 0.5) is 8.78 Å². The number of hydrogen-bond donors (Lipinski definition) is 1. The third kappa shape index (κ3) is 16.8. The van der Waals surface area contributed by atoms with E-state index in [9.17, 15) is 13.6 Å². The number of allylic oxidation sites excluding steroid dienone is 5. The molecule has 0 bridgehead atoms. The molecule has 1 aromatic heterocycles. The molecule has 0 amide bonds. The van der Waals surface area contributed by atoms with Gasteiger partial charge in [0.15, 0.2) is 0 Å². The van der Waals surface area contributed by atoms with Gasteiger partial charge in [-0.3, -0.25) is 4.79 Å². The largest absolute Gasteiger partial charge is 0.381 e. The van der Waals surface area contributed by atoms with Gasteiger partial charge in [0.2, 0.25) is 0 Å². The predicted molar refractivity (Wildman–Crippen MR) is 286 cm³/mol. The number of nitrogens with one attached hydrogen (secondary N) is 1. The molecule has 7 heteroatoms.